The molecule has 2 aromatic carbocycles. The Kier molecular flexibility index (Phi) is 7.40. The Morgan fingerprint density at radius 2 is 1.93 bits per heavy atom. The van der Waals surface area contributed by atoms with E-state index in [0.717, 1.165) is 39.9 Å². The fourth-order valence-electron chi connectivity index (χ4n) is 2.57. The quantitative estimate of drug-likeness (QED) is 0.453. The van der Waals surface area contributed by atoms with Crippen molar-refractivity contribution in [3.05, 3.63) is 71.8 Å². The highest BCUT2D eigenvalue weighted by molar-refractivity contribution is 7.98. The number of nitrogens with zero attached hydrogens (tertiary/aromatic N) is 4. The molecule has 0 aliphatic rings. The second-order valence-electron chi connectivity index (χ2n) is 6.65. The lowest BCUT2D eigenvalue weighted by molar-refractivity contribution is 0.475. The summed E-state index contributed by atoms with van der Waals surface area (Å²) in [5, 5.41) is 23.1. The second-order valence-corrected chi connectivity index (χ2v) is 7.70. The highest BCUT2D eigenvalue weighted by Gasteiger charge is 2.21. The number of aromatic hydroxyl groups is 1. The van der Waals surface area contributed by atoms with E-state index in [4.69, 9.17) is 1.12 Å². The number of nitriles is 1. The molecule has 0 atom stereocenters. The van der Waals surface area contributed by atoms with Crippen LogP contribution in [-0.2, 0) is 17.7 Å². The summed E-state index contributed by atoms with van der Waals surface area (Å²) in [6, 6.07) is 15.9. The van der Waals surface area contributed by atoms with Gasteiger partial charge in [0.1, 0.15) is 19.5 Å². The number of rotatable bonds is 6. The molecule has 1 N–H and O–H groups in total. The molecule has 0 aliphatic carbocycles. The normalized spacial score (nSPS) is 11.1. The van der Waals surface area contributed by atoms with Crippen molar-refractivity contribution >= 4 is 24.3 Å². The molecule has 0 unspecified atom stereocenters. The summed E-state index contributed by atoms with van der Waals surface area (Å²) in [5.41, 5.74) is 2.69. The van der Waals surface area contributed by atoms with Gasteiger partial charge < -0.3 is 5.11 Å². The summed E-state index contributed by atoms with van der Waals surface area (Å²) in [6.45, 7) is 4.48. The average Bonchev–Trinajstić information content (AvgIpc) is 3.21. The molecule has 1 aromatic heterocycles. The number of hydrogen-bond donors (Lipinski definition) is 2. The third kappa shape index (κ3) is 6.04. The van der Waals surface area contributed by atoms with Gasteiger partial charge >= 0.3 is 0 Å². The van der Waals surface area contributed by atoms with Crippen molar-refractivity contribution in [1.29, 1.82) is 6.39 Å². The molecule has 3 aromatic rings. The molecule has 5 nitrogen and oxygen atoms in total. The molecule has 0 radical (unpaired) electrons. The van der Waals surface area contributed by atoms with Gasteiger partial charge in [-0.1, -0.05) is 18.2 Å². The van der Waals surface area contributed by atoms with Crippen molar-refractivity contribution in [2.75, 3.05) is 6.26 Å². The number of thioether (sulfide) groups is 1. The van der Waals surface area contributed by atoms with Crippen LogP contribution in [0.3, 0.4) is 0 Å². The Balaban J connectivity index is 0.000000941. The Labute approximate surface area is 176 Å². The van der Waals surface area contributed by atoms with Gasteiger partial charge in [0.05, 0.1) is 18.0 Å². The predicted molar refractivity (Wildman–Crippen MR) is 117 cm³/mol. The third-order valence-electron chi connectivity index (χ3n) is 4.11. The van der Waals surface area contributed by atoms with Gasteiger partial charge in [-0.15, -0.1) is 11.8 Å². The number of benzene rings is 2. The van der Waals surface area contributed by atoms with Crippen molar-refractivity contribution in [2.45, 2.75) is 36.5 Å². The third-order valence-corrected chi connectivity index (χ3v) is 5.19. The summed E-state index contributed by atoms with van der Waals surface area (Å²) in [5.74, 6) is 1.05. The fourth-order valence-corrected chi connectivity index (χ4v) is 3.40. The largest absolute Gasteiger partial charge is 0.508 e. The van der Waals surface area contributed by atoms with Crippen molar-refractivity contribution in [3.8, 4) is 11.8 Å². The molecule has 28 heavy (non-hydrogen) atoms. The molecule has 0 bridgehead atoms. The predicted octanol–water partition coefficient (Wildman–Crippen LogP) is 4.67. The van der Waals surface area contributed by atoms with E-state index in [1.807, 2.05) is 26.0 Å². The molecule has 0 amide bonds. The van der Waals surface area contributed by atoms with Crippen molar-refractivity contribution in [1.82, 2.24) is 14.8 Å². The Morgan fingerprint density at radius 1 is 1.25 bits per heavy atom. The maximum absolute atomic E-state index is 9.51. The van der Waals surface area contributed by atoms with Gasteiger partial charge in [-0.05, 0) is 61.1 Å². The van der Waals surface area contributed by atoms with Crippen LogP contribution in [0.1, 0.15) is 30.5 Å². The monoisotopic (exact) mass is 414 g/mol. The van der Waals surface area contributed by atoms with Crippen LogP contribution in [0, 0.1) is 11.3 Å². The highest BCUT2D eigenvalue weighted by atomic mass is 32.2. The van der Waals surface area contributed by atoms with Crippen molar-refractivity contribution in [2.24, 2.45) is 0 Å². The first-order valence-corrected chi connectivity index (χ1v) is 10.5. The number of hydrogen-bond acceptors (Lipinski definition) is 6. The summed E-state index contributed by atoms with van der Waals surface area (Å²) in [4.78, 5) is 5.07. The molecule has 3 rings (SSSR count). The Morgan fingerprint density at radius 3 is 2.54 bits per heavy atom. The standard InChI is InChI=1S/C20H20N4OS.CH4S/c1-20(2,12-21)17-8-15(10-24-14-22-13-23-24)7-16(9-17)11-26-19-5-3-18(25)4-6-19;1-2/h3-9,13-14,25H,10-11H2,1-2H3;2H,1H3/i/hT. The van der Waals surface area contributed by atoms with Crippen LogP contribution < -0.4 is 0 Å². The first-order valence-electron chi connectivity index (χ1n) is 9.07. The van der Waals surface area contributed by atoms with Gasteiger partial charge in [-0.3, -0.25) is 0 Å². The van der Waals surface area contributed by atoms with Gasteiger partial charge in [0.25, 0.3) is 0 Å². The first kappa shape index (κ1) is 20.3. The SMILES string of the molecule is CC(C)(C#N)c1cc(CSc2ccc(O)cc2)cc(Cn2cncn2)c1.[3H]SC. The van der Waals surface area contributed by atoms with Crippen LogP contribution in [0.2, 0.25) is 0 Å². The lowest BCUT2D eigenvalue weighted by Gasteiger charge is -2.19. The van der Waals surface area contributed by atoms with E-state index in [0.29, 0.717) is 6.54 Å². The zero-order chi connectivity index (χ0) is 21.3. The summed E-state index contributed by atoms with van der Waals surface area (Å²) in [7, 11) is 0. The zero-order valence-electron chi connectivity index (χ0n) is 17.2. The summed E-state index contributed by atoms with van der Waals surface area (Å²) < 4.78 is 7.90. The van der Waals surface area contributed by atoms with Gasteiger partial charge in [0.2, 0.25) is 0 Å². The van der Waals surface area contributed by atoms with Gasteiger partial charge in [-0.2, -0.15) is 22.9 Å². The summed E-state index contributed by atoms with van der Waals surface area (Å²) in [6.07, 6.45) is 4.91. The Hall–Kier alpha value is -2.43. The van der Waals surface area contributed by atoms with E-state index < -0.39 is 5.41 Å². The number of aromatic nitrogens is 3. The number of phenols is 1. The Bertz CT molecular complexity index is 938. The number of phenolic OH excluding ortho intramolecular Hbond substituents is 1. The zero-order valence-corrected chi connectivity index (χ0v) is 17.8. The highest BCUT2D eigenvalue weighted by Crippen LogP contribution is 2.29. The molecule has 1 heterocycles. The van der Waals surface area contributed by atoms with Crippen LogP contribution in [0.4, 0.5) is 0 Å². The van der Waals surface area contributed by atoms with Gasteiger partial charge in [-0.25, -0.2) is 9.67 Å². The molecular weight excluding hydrogens is 388 g/mol. The number of thiol groups is 1. The van der Waals surface area contributed by atoms with E-state index in [9.17, 15) is 10.4 Å². The van der Waals surface area contributed by atoms with E-state index in [1.54, 1.807) is 41.2 Å². The van der Waals surface area contributed by atoms with Crippen LogP contribution in [-0.4, -0.2) is 27.3 Å². The molecule has 146 valence electrons. The molecule has 0 fully saturated rings. The lowest BCUT2D eigenvalue weighted by atomic mass is 9.84. The minimum absolute atomic E-state index is 0.266. The molecule has 7 heteroatoms. The maximum atomic E-state index is 9.51. The summed E-state index contributed by atoms with van der Waals surface area (Å²) >= 11 is 2.70. The lowest BCUT2D eigenvalue weighted by Crippen LogP contribution is -2.15. The minimum atomic E-state index is -0.559. The fraction of sp³-hybridized carbons (Fsp3) is 0.286. The van der Waals surface area contributed by atoms with E-state index in [2.05, 4.69) is 34.4 Å². The second kappa shape index (κ2) is 10.2. The van der Waals surface area contributed by atoms with Crippen LogP contribution in [0.25, 0.3) is 0 Å². The van der Waals surface area contributed by atoms with Crippen molar-refractivity contribution < 1.29 is 5.11 Å². The van der Waals surface area contributed by atoms with Gasteiger partial charge in [0.15, 0.2) is 0 Å². The van der Waals surface area contributed by atoms with Crippen LogP contribution in [0.5, 0.6) is 5.75 Å². The first-order chi connectivity index (χ1) is 13.9. The molecule has 0 spiro atoms. The average molecular weight is 415 g/mol. The topological polar surface area (TPSA) is 74.7 Å². The maximum Gasteiger partial charge on any atom is 0.137 e. The molecular formula is C21H24N4OS2. The van der Waals surface area contributed by atoms with E-state index in [-0.39, 0.29) is 5.75 Å². The molecule has 0 saturated carbocycles. The molecule has 0 aliphatic heterocycles. The molecule has 0 saturated heterocycles. The van der Waals surface area contributed by atoms with Crippen LogP contribution >= 0.6 is 24.3 Å². The smallest absolute Gasteiger partial charge is 0.137 e. The minimum Gasteiger partial charge on any atom is -0.508 e. The van der Waals surface area contributed by atoms with E-state index >= 15 is 0 Å². The van der Waals surface area contributed by atoms with E-state index in [1.165, 1.54) is 6.33 Å². The van der Waals surface area contributed by atoms with Crippen LogP contribution in [0.15, 0.2) is 60.0 Å². The van der Waals surface area contributed by atoms with Gasteiger partial charge in [0, 0.05) is 10.6 Å². The van der Waals surface area contributed by atoms with Crippen molar-refractivity contribution in [3.63, 3.8) is 0 Å².